The number of nitrogens with zero attached hydrogens (tertiary/aromatic N) is 3. The fourth-order valence-electron chi connectivity index (χ4n) is 3.35. The van der Waals surface area contributed by atoms with Crippen molar-refractivity contribution in [3.63, 3.8) is 0 Å². The largest absolute Gasteiger partial charge is 0.380 e. The third-order valence-corrected chi connectivity index (χ3v) is 4.82. The van der Waals surface area contributed by atoms with Gasteiger partial charge in [-0.1, -0.05) is 12.1 Å². The molecule has 2 aromatic heterocycles. The monoisotopic (exact) mass is 405 g/mol. The number of hydrogen-bond acceptors (Lipinski definition) is 5. The molecular formula is C22H23N5O3. The molecule has 0 radical (unpaired) electrons. The molecule has 2 N–H and O–H groups in total. The van der Waals surface area contributed by atoms with E-state index < -0.39 is 0 Å². The summed E-state index contributed by atoms with van der Waals surface area (Å²) in [5.74, 6) is -0.666. The van der Waals surface area contributed by atoms with Gasteiger partial charge in [-0.15, -0.1) is 0 Å². The number of amides is 2. The lowest BCUT2D eigenvalue weighted by Crippen LogP contribution is -2.29. The summed E-state index contributed by atoms with van der Waals surface area (Å²) in [5, 5.41) is 9.77. The third kappa shape index (κ3) is 4.55. The molecule has 8 heteroatoms. The second-order valence-corrected chi connectivity index (χ2v) is 7.11. The molecule has 0 unspecified atom stereocenters. The minimum absolute atomic E-state index is 0.168. The van der Waals surface area contributed by atoms with Gasteiger partial charge in [0.1, 0.15) is 0 Å². The number of ether oxygens (including phenoxy) is 1. The molecule has 1 aliphatic rings. The molecule has 1 aliphatic heterocycles. The van der Waals surface area contributed by atoms with Gasteiger partial charge >= 0.3 is 0 Å². The van der Waals surface area contributed by atoms with Crippen molar-refractivity contribution in [2.45, 2.75) is 12.8 Å². The summed E-state index contributed by atoms with van der Waals surface area (Å²) in [6.45, 7) is 1.35. The Morgan fingerprint density at radius 3 is 2.77 bits per heavy atom. The van der Waals surface area contributed by atoms with E-state index in [4.69, 9.17) is 4.74 Å². The van der Waals surface area contributed by atoms with Crippen LogP contribution < -0.4 is 10.6 Å². The normalized spacial score (nSPS) is 15.4. The molecule has 30 heavy (non-hydrogen) atoms. The number of pyridine rings is 1. The van der Waals surface area contributed by atoms with Crippen molar-refractivity contribution in [2.75, 3.05) is 25.1 Å². The number of fused-ring (bicyclic) bond motifs is 6. The van der Waals surface area contributed by atoms with Gasteiger partial charge in [-0.25, -0.2) is 0 Å². The van der Waals surface area contributed by atoms with Crippen LogP contribution in [0, 0.1) is 0 Å². The lowest BCUT2D eigenvalue weighted by Gasteiger charge is -2.10. The maximum absolute atomic E-state index is 12.9. The summed E-state index contributed by atoms with van der Waals surface area (Å²) < 4.78 is 7.11. The van der Waals surface area contributed by atoms with Crippen LogP contribution in [0.5, 0.6) is 0 Å². The fourth-order valence-corrected chi connectivity index (χ4v) is 3.35. The van der Waals surface area contributed by atoms with E-state index in [0.717, 1.165) is 29.7 Å². The molecule has 3 aromatic rings. The zero-order valence-electron chi connectivity index (χ0n) is 16.7. The van der Waals surface area contributed by atoms with E-state index in [1.54, 1.807) is 25.5 Å². The van der Waals surface area contributed by atoms with Crippen LogP contribution in [0.15, 0.2) is 48.8 Å². The Bertz CT molecular complexity index is 1080. The molecule has 3 heterocycles. The molecule has 4 rings (SSSR count). The first-order valence-electron chi connectivity index (χ1n) is 9.86. The second kappa shape index (κ2) is 8.87. The minimum atomic E-state index is -0.358. The molecule has 0 atom stereocenters. The number of nitrogens with one attached hydrogen (secondary N) is 2. The molecule has 1 aromatic carbocycles. The van der Waals surface area contributed by atoms with Gasteiger partial charge < -0.3 is 15.4 Å². The summed E-state index contributed by atoms with van der Waals surface area (Å²) in [6.07, 6.45) is 5.02. The summed E-state index contributed by atoms with van der Waals surface area (Å²) in [7, 11) is 1.70. The van der Waals surface area contributed by atoms with Crippen LogP contribution in [-0.4, -0.2) is 46.3 Å². The van der Waals surface area contributed by atoms with Gasteiger partial charge in [0.15, 0.2) is 5.69 Å². The SMILES string of the molecule is Cn1cc2c(n1)C(=O)NCCOCCCc1cc(ccn1)-c1cccc(c1)C(=O)N2. The zero-order chi connectivity index (χ0) is 20.9. The van der Waals surface area contributed by atoms with Gasteiger partial charge in [0.2, 0.25) is 0 Å². The predicted octanol–water partition coefficient (Wildman–Crippen LogP) is 2.43. The number of rotatable bonds is 0. The molecule has 0 saturated carbocycles. The van der Waals surface area contributed by atoms with Crippen LogP contribution in [0.4, 0.5) is 5.69 Å². The fraction of sp³-hybridized carbons (Fsp3) is 0.273. The van der Waals surface area contributed by atoms with E-state index in [1.165, 1.54) is 4.68 Å². The highest BCUT2D eigenvalue weighted by atomic mass is 16.5. The molecule has 8 nitrogen and oxygen atoms in total. The zero-order valence-corrected chi connectivity index (χ0v) is 16.7. The number of hydrogen-bond donors (Lipinski definition) is 2. The van der Waals surface area contributed by atoms with Crippen LogP contribution in [-0.2, 0) is 18.2 Å². The first-order valence-corrected chi connectivity index (χ1v) is 9.86. The van der Waals surface area contributed by atoms with E-state index in [0.29, 0.717) is 31.0 Å². The summed E-state index contributed by atoms with van der Waals surface area (Å²) in [5.41, 5.74) is 3.92. The van der Waals surface area contributed by atoms with Crippen molar-refractivity contribution in [3.8, 4) is 11.1 Å². The third-order valence-electron chi connectivity index (χ3n) is 4.82. The molecule has 2 amide bonds. The molecule has 0 spiro atoms. The molecule has 0 saturated heterocycles. The minimum Gasteiger partial charge on any atom is -0.380 e. The van der Waals surface area contributed by atoms with Crippen molar-refractivity contribution < 1.29 is 14.3 Å². The Labute approximate surface area is 174 Å². The van der Waals surface area contributed by atoms with Gasteiger partial charge in [-0.3, -0.25) is 19.3 Å². The van der Waals surface area contributed by atoms with Gasteiger partial charge in [-0.2, -0.15) is 5.10 Å². The highest BCUT2D eigenvalue weighted by molar-refractivity contribution is 6.08. The second-order valence-electron chi connectivity index (χ2n) is 7.11. The van der Waals surface area contributed by atoms with Crippen molar-refractivity contribution in [1.29, 1.82) is 0 Å². The topological polar surface area (TPSA) is 98.1 Å². The first kappa shape index (κ1) is 19.8. The van der Waals surface area contributed by atoms with E-state index in [1.807, 2.05) is 30.3 Å². The number of aryl methyl sites for hydroxylation is 2. The van der Waals surface area contributed by atoms with Gasteiger partial charge in [0.05, 0.1) is 12.3 Å². The Hall–Kier alpha value is -3.52. The molecular weight excluding hydrogens is 382 g/mol. The number of anilines is 1. The Kier molecular flexibility index (Phi) is 5.85. The van der Waals surface area contributed by atoms with Crippen LogP contribution in [0.2, 0.25) is 0 Å². The number of carbonyl (C=O) groups excluding carboxylic acids is 2. The summed E-state index contributed by atoms with van der Waals surface area (Å²) in [6, 6.07) is 11.3. The summed E-state index contributed by atoms with van der Waals surface area (Å²) >= 11 is 0. The highest BCUT2D eigenvalue weighted by Gasteiger charge is 2.19. The van der Waals surface area contributed by atoms with Gasteiger partial charge in [0, 0.05) is 43.9 Å². The molecule has 0 aliphatic carbocycles. The Balaban J connectivity index is 1.68. The quantitative estimate of drug-likeness (QED) is 0.599. The highest BCUT2D eigenvalue weighted by Crippen LogP contribution is 2.22. The predicted molar refractivity (Wildman–Crippen MR) is 112 cm³/mol. The van der Waals surface area contributed by atoms with E-state index in [9.17, 15) is 9.59 Å². The maximum atomic E-state index is 12.9. The van der Waals surface area contributed by atoms with E-state index in [2.05, 4.69) is 20.7 Å². The number of aromatic nitrogens is 3. The Morgan fingerprint density at radius 1 is 1.03 bits per heavy atom. The lowest BCUT2D eigenvalue weighted by atomic mass is 10.0. The molecule has 154 valence electrons. The van der Waals surface area contributed by atoms with E-state index in [-0.39, 0.29) is 17.5 Å². The standard InChI is InChI=1S/C22H23N5O3/c1-27-14-19-20(26-27)22(29)24-9-11-30-10-3-6-18-13-16(7-8-23-18)15-4-2-5-17(12-15)21(28)25-19/h2,4-5,7-8,12-14H,3,6,9-11H2,1H3,(H,24,29)(H,25,28). The van der Waals surface area contributed by atoms with Crippen LogP contribution in [0.25, 0.3) is 11.1 Å². The van der Waals surface area contributed by atoms with Gasteiger partial charge in [-0.05, 0) is 48.2 Å². The van der Waals surface area contributed by atoms with Crippen molar-refractivity contribution in [2.24, 2.45) is 7.05 Å². The average molecular weight is 405 g/mol. The molecule has 4 bridgehead atoms. The maximum Gasteiger partial charge on any atom is 0.274 e. The lowest BCUT2D eigenvalue weighted by molar-refractivity contribution is 0.0908. The molecule has 0 fully saturated rings. The first-order chi connectivity index (χ1) is 14.6. The van der Waals surface area contributed by atoms with Crippen molar-refractivity contribution in [3.05, 3.63) is 65.7 Å². The van der Waals surface area contributed by atoms with Crippen molar-refractivity contribution in [1.82, 2.24) is 20.1 Å². The average Bonchev–Trinajstić information content (AvgIpc) is 3.12. The summed E-state index contributed by atoms with van der Waals surface area (Å²) in [4.78, 5) is 29.8. The Morgan fingerprint density at radius 2 is 1.87 bits per heavy atom. The number of carbonyl (C=O) groups is 2. The van der Waals surface area contributed by atoms with E-state index >= 15 is 0 Å². The van der Waals surface area contributed by atoms with Gasteiger partial charge in [0.25, 0.3) is 11.8 Å². The smallest absolute Gasteiger partial charge is 0.274 e. The number of benzene rings is 1. The van der Waals surface area contributed by atoms with Crippen LogP contribution >= 0.6 is 0 Å². The van der Waals surface area contributed by atoms with Crippen LogP contribution in [0.1, 0.15) is 33.0 Å². The van der Waals surface area contributed by atoms with Crippen molar-refractivity contribution >= 4 is 17.5 Å². The van der Waals surface area contributed by atoms with Crippen LogP contribution in [0.3, 0.4) is 0 Å².